The van der Waals surface area contributed by atoms with Crippen molar-refractivity contribution in [1.82, 2.24) is 5.32 Å². The van der Waals surface area contributed by atoms with E-state index in [1.165, 1.54) is 12.1 Å². The highest BCUT2D eigenvalue weighted by Gasteiger charge is 2.28. The highest BCUT2D eigenvalue weighted by atomic mass is 32.2. The molecule has 0 aliphatic carbocycles. The van der Waals surface area contributed by atoms with Gasteiger partial charge in [0, 0.05) is 40.3 Å². The number of nitrogens with one attached hydrogen (secondary N) is 1. The van der Waals surface area contributed by atoms with E-state index in [0.29, 0.717) is 24.6 Å². The van der Waals surface area contributed by atoms with Gasteiger partial charge in [0.15, 0.2) is 0 Å². The summed E-state index contributed by atoms with van der Waals surface area (Å²) in [5.74, 6) is 1.24. The molecule has 1 atom stereocenters. The summed E-state index contributed by atoms with van der Waals surface area (Å²) in [7, 11) is -0.791. The second kappa shape index (κ2) is 7.91. The van der Waals surface area contributed by atoms with Gasteiger partial charge in [-0.2, -0.15) is 13.2 Å². The van der Waals surface area contributed by atoms with Crippen molar-refractivity contribution < 1.29 is 17.4 Å². The van der Waals surface area contributed by atoms with Crippen molar-refractivity contribution in [2.45, 2.75) is 23.9 Å². The van der Waals surface area contributed by atoms with E-state index in [4.69, 9.17) is 0 Å². The second-order valence-electron chi connectivity index (χ2n) is 3.80. The van der Waals surface area contributed by atoms with Crippen LogP contribution in [0.5, 0.6) is 0 Å². The fourth-order valence-corrected chi connectivity index (χ4v) is 2.57. The molecular formula is C12H16F3NOS2. The smallest absolute Gasteiger partial charge is 0.312 e. The van der Waals surface area contributed by atoms with E-state index < -0.39 is 16.3 Å². The molecule has 0 saturated heterocycles. The van der Waals surface area contributed by atoms with Gasteiger partial charge in [-0.15, -0.1) is 0 Å². The summed E-state index contributed by atoms with van der Waals surface area (Å²) in [5.41, 5.74) is -3.34. The average Bonchev–Trinajstić information content (AvgIpc) is 2.34. The molecule has 0 bridgehead atoms. The molecule has 1 unspecified atom stereocenters. The molecule has 1 aromatic rings. The van der Waals surface area contributed by atoms with Crippen LogP contribution in [0.3, 0.4) is 0 Å². The van der Waals surface area contributed by atoms with Crippen molar-refractivity contribution in [2.24, 2.45) is 0 Å². The predicted octanol–water partition coefficient (Wildman–Crippen LogP) is 3.16. The standard InChI is InChI=1S/C12H16F3NOS2/c1-2-19(17)8-7-16-9-10-3-5-11(6-4-10)18-12(13,14)15/h3-6,16H,2,7-9H2,1H3. The molecule has 1 rings (SSSR count). The Hall–Kier alpha value is -0.530. The molecule has 19 heavy (non-hydrogen) atoms. The fraction of sp³-hybridized carbons (Fsp3) is 0.500. The van der Waals surface area contributed by atoms with E-state index in [1.807, 2.05) is 6.92 Å². The SMILES string of the molecule is CCS(=O)CCNCc1ccc(SC(F)(F)F)cc1. The van der Waals surface area contributed by atoms with Crippen molar-refractivity contribution >= 4 is 22.6 Å². The van der Waals surface area contributed by atoms with E-state index >= 15 is 0 Å². The summed E-state index contributed by atoms with van der Waals surface area (Å²) in [5, 5.41) is 3.11. The molecule has 0 aliphatic rings. The molecule has 0 aliphatic heterocycles. The quantitative estimate of drug-likeness (QED) is 0.619. The van der Waals surface area contributed by atoms with Gasteiger partial charge in [-0.25, -0.2) is 0 Å². The Kier molecular flexibility index (Phi) is 6.88. The van der Waals surface area contributed by atoms with Gasteiger partial charge in [0.25, 0.3) is 0 Å². The number of benzene rings is 1. The summed E-state index contributed by atoms with van der Waals surface area (Å²) < 4.78 is 47.5. The predicted molar refractivity (Wildman–Crippen MR) is 73.6 cm³/mol. The molecule has 0 amide bonds. The minimum atomic E-state index is -4.25. The minimum Gasteiger partial charge on any atom is -0.312 e. The maximum Gasteiger partial charge on any atom is 0.446 e. The van der Waals surface area contributed by atoms with Crippen molar-refractivity contribution in [3.05, 3.63) is 29.8 Å². The topological polar surface area (TPSA) is 29.1 Å². The molecule has 0 aromatic heterocycles. The normalized spacial score (nSPS) is 13.5. The molecule has 7 heteroatoms. The summed E-state index contributed by atoms with van der Waals surface area (Å²) >= 11 is -0.116. The van der Waals surface area contributed by atoms with Crippen LogP contribution in [0.15, 0.2) is 29.2 Å². The maximum atomic E-state index is 12.1. The van der Waals surface area contributed by atoms with Crippen LogP contribution in [0.25, 0.3) is 0 Å². The Morgan fingerprint density at radius 2 is 1.89 bits per heavy atom. The molecule has 0 fully saturated rings. The third-order valence-electron chi connectivity index (χ3n) is 2.31. The Bertz CT molecular complexity index is 406. The Labute approximate surface area is 117 Å². The van der Waals surface area contributed by atoms with Gasteiger partial charge in [0.05, 0.1) is 0 Å². The highest BCUT2D eigenvalue weighted by molar-refractivity contribution is 8.00. The van der Waals surface area contributed by atoms with E-state index in [9.17, 15) is 17.4 Å². The Balaban J connectivity index is 2.34. The minimum absolute atomic E-state index is 0.116. The number of hydrogen-bond acceptors (Lipinski definition) is 3. The van der Waals surface area contributed by atoms with Crippen LogP contribution in [0.2, 0.25) is 0 Å². The number of thioether (sulfide) groups is 1. The lowest BCUT2D eigenvalue weighted by atomic mass is 10.2. The first-order valence-corrected chi connectivity index (χ1v) is 8.11. The first kappa shape index (κ1) is 16.5. The average molecular weight is 311 g/mol. The van der Waals surface area contributed by atoms with Crippen LogP contribution in [0.4, 0.5) is 13.2 Å². The van der Waals surface area contributed by atoms with Gasteiger partial charge in [-0.1, -0.05) is 19.1 Å². The molecule has 1 aromatic carbocycles. The molecule has 108 valence electrons. The zero-order valence-electron chi connectivity index (χ0n) is 10.5. The number of alkyl halides is 3. The van der Waals surface area contributed by atoms with E-state index in [2.05, 4.69) is 5.32 Å². The first-order valence-electron chi connectivity index (χ1n) is 5.81. The molecule has 0 radical (unpaired) electrons. The van der Waals surface area contributed by atoms with Crippen molar-refractivity contribution in [3.8, 4) is 0 Å². The third kappa shape index (κ3) is 7.59. The lowest BCUT2D eigenvalue weighted by Gasteiger charge is -2.07. The molecular weight excluding hydrogens is 295 g/mol. The van der Waals surface area contributed by atoms with E-state index in [0.717, 1.165) is 5.56 Å². The lowest BCUT2D eigenvalue weighted by Crippen LogP contribution is -2.20. The van der Waals surface area contributed by atoms with Gasteiger partial charge in [0.1, 0.15) is 0 Å². The molecule has 1 N–H and O–H groups in total. The summed E-state index contributed by atoms with van der Waals surface area (Å²) in [6.45, 7) is 3.07. The fourth-order valence-electron chi connectivity index (χ4n) is 1.37. The second-order valence-corrected chi connectivity index (χ2v) is 6.80. The zero-order chi connectivity index (χ0) is 14.3. The van der Waals surface area contributed by atoms with Crippen LogP contribution in [0.1, 0.15) is 12.5 Å². The van der Waals surface area contributed by atoms with Crippen LogP contribution in [0, 0.1) is 0 Å². The third-order valence-corrected chi connectivity index (χ3v) is 4.36. The van der Waals surface area contributed by atoms with Crippen LogP contribution < -0.4 is 5.32 Å². The Morgan fingerprint density at radius 1 is 1.26 bits per heavy atom. The van der Waals surface area contributed by atoms with E-state index in [-0.39, 0.29) is 16.7 Å². The van der Waals surface area contributed by atoms with Crippen molar-refractivity contribution in [1.29, 1.82) is 0 Å². The molecule has 0 heterocycles. The maximum absolute atomic E-state index is 12.1. The van der Waals surface area contributed by atoms with Crippen LogP contribution >= 0.6 is 11.8 Å². The summed E-state index contributed by atoms with van der Waals surface area (Å²) in [4.78, 5) is 0.184. The monoisotopic (exact) mass is 311 g/mol. The van der Waals surface area contributed by atoms with Gasteiger partial charge < -0.3 is 5.32 Å². The van der Waals surface area contributed by atoms with Crippen LogP contribution in [-0.4, -0.2) is 27.8 Å². The number of rotatable bonds is 7. The first-order chi connectivity index (χ1) is 8.90. The zero-order valence-corrected chi connectivity index (χ0v) is 12.1. The van der Waals surface area contributed by atoms with Crippen LogP contribution in [-0.2, 0) is 17.3 Å². The van der Waals surface area contributed by atoms with Gasteiger partial charge in [-0.05, 0) is 29.5 Å². The lowest BCUT2D eigenvalue weighted by molar-refractivity contribution is -0.0328. The summed E-state index contributed by atoms with van der Waals surface area (Å²) in [6.07, 6.45) is 0. The van der Waals surface area contributed by atoms with Crippen molar-refractivity contribution in [3.63, 3.8) is 0 Å². The molecule has 0 saturated carbocycles. The van der Waals surface area contributed by atoms with E-state index in [1.54, 1.807) is 12.1 Å². The highest BCUT2D eigenvalue weighted by Crippen LogP contribution is 2.36. The van der Waals surface area contributed by atoms with Gasteiger partial charge in [-0.3, -0.25) is 4.21 Å². The van der Waals surface area contributed by atoms with Gasteiger partial charge >= 0.3 is 5.51 Å². The number of hydrogen-bond donors (Lipinski definition) is 1. The largest absolute Gasteiger partial charge is 0.446 e. The summed E-state index contributed by atoms with van der Waals surface area (Å²) in [6, 6.07) is 6.24. The Morgan fingerprint density at radius 3 is 2.42 bits per heavy atom. The molecule has 0 spiro atoms. The number of halogens is 3. The van der Waals surface area contributed by atoms with Gasteiger partial charge in [0.2, 0.25) is 0 Å². The van der Waals surface area contributed by atoms with Crippen molar-refractivity contribution in [2.75, 3.05) is 18.1 Å². The molecule has 2 nitrogen and oxygen atoms in total.